The van der Waals surface area contributed by atoms with Gasteiger partial charge in [0, 0.05) is 11.6 Å². The normalized spacial score (nSPS) is 21.5. The number of hydrogen-bond donors (Lipinski definition) is 2. The van der Waals surface area contributed by atoms with Crippen LogP contribution in [0.2, 0.25) is 0 Å². The lowest BCUT2D eigenvalue weighted by molar-refractivity contribution is -0.143. The van der Waals surface area contributed by atoms with Crippen molar-refractivity contribution in [3.63, 3.8) is 0 Å². The first-order valence-electron chi connectivity index (χ1n) is 10.4. The van der Waals surface area contributed by atoms with Crippen LogP contribution in [0.3, 0.4) is 0 Å². The monoisotopic (exact) mass is 470 g/mol. The summed E-state index contributed by atoms with van der Waals surface area (Å²) >= 11 is 0. The van der Waals surface area contributed by atoms with Crippen LogP contribution in [0.1, 0.15) is 70.3 Å². The van der Waals surface area contributed by atoms with E-state index < -0.39 is 52.8 Å². The Hall–Kier alpha value is -3.04. The summed E-state index contributed by atoms with van der Waals surface area (Å²) < 4.78 is 80.5. The third kappa shape index (κ3) is 4.69. The van der Waals surface area contributed by atoms with Gasteiger partial charge in [-0.15, -0.1) is 0 Å². The Balaban J connectivity index is 1.83. The summed E-state index contributed by atoms with van der Waals surface area (Å²) in [5, 5.41) is 5.33. The van der Waals surface area contributed by atoms with E-state index in [1.165, 1.54) is 12.1 Å². The molecule has 2 amide bonds. The molecule has 1 fully saturated rings. The van der Waals surface area contributed by atoms with E-state index in [2.05, 4.69) is 10.6 Å². The zero-order chi connectivity index (χ0) is 24.0. The van der Waals surface area contributed by atoms with E-state index in [1.54, 1.807) is 12.1 Å². The molecule has 0 saturated heterocycles. The summed E-state index contributed by atoms with van der Waals surface area (Å²) in [5.74, 6) is -2.42. The minimum atomic E-state index is -5.05. The van der Waals surface area contributed by atoms with E-state index in [0.29, 0.717) is 12.1 Å². The van der Waals surface area contributed by atoms with Gasteiger partial charge in [-0.25, -0.2) is 0 Å². The molecule has 0 spiro atoms. The number of alkyl halides is 6. The first-order valence-corrected chi connectivity index (χ1v) is 10.4. The lowest BCUT2D eigenvalue weighted by Crippen LogP contribution is -2.46. The Morgan fingerprint density at radius 3 is 2.06 bits per heavy atom. The number of amides is 2. The number of nitrogens with one attached hydrogen (secondary N) is 2. The number of benzene rings is 2. The lowest BCUT2D eigenvalue weighted by Gasteiger charge is -2.34. The molecule has 2 aromatic carbocycles. The lowest BCUT2D eigenvalue weighted by atomic mass is 9.79. The van der Waals surface area contributed by atoms with Crippen molar-refractivity contribution >= 4 is 11.8 Å². The van der Waals surface area contributed by atoms with Crippen LogP contribution in [0, 0.1) is 0 Å². The van der Waals surface area contributed by atoms with Crippen LogP contribution in [0.5, 0.6) is 0 Å². The van der Waals surface area contributed by atoms with Gasteiger partial charge in [-0.2, -0.15) is 26.3 Å². The molecule has 1 aliphatic heterocycles. The molecule has 1 heterocycles. The molecule has 2 aliphatic rings. The molecule has 2 N–H and O–H groups in total. The molecule has 2 unspecified atom stereocenters. The summed E-state index contributed by atoms with van der Waals surface area (Å²) in [7, 11) is 0. The highest BCUT2D eigenvalue weighted by molar-refractivity contribution is 6.01. The molecule has 1 saturated carbocycles. The highest BCUT2D eigenvalue weighted by Gasteiger charge is 2.43. The van der Waals surface area contributed by atoms with Gasteiger partial charge in [0.15, 0.2) is 0 Å². The predicted molar refractivity (Wildman–Crippen MR) is 106 cm³/mol. The third-order valence-electron chi connectivity index (χ3n) is 6.11. The molecular formula is C23H20F6N2O2. The quantitative estimate of drug-likeness (QED) is 0.595. The second-order valence-corrected chi connectivity index (χ2v) is 8.35. The van der Waals surface area contributed by atoms with Gasteiger partial charge in [0.05, 0.1) is 23.1 Å². The molecule has 10 heteroatoms. The maximum Gasteiger partial charge on any atom is 0.416 e. The Kier molecular flexibility index (Phi) is 5.88. The summed E-state index contributed by atoms with van der Waals surface area (Å²) in [6.45, 7) is 0. The molecule has 33 heavy (non-hydrogen) atoms. The van der Waals surface area contributed by atoms with E-state index in [9.17, 15) is 35.9 Å². The minimum absolute atomic E-state index is 0.0235. The van der Waals surface area contributed by atoms with Crippen LogP contribution in [-0.2, 0) is 17.1 Å². The Labute approximate surface area is 185 Å². The number of fused-ring (bicyclic) bond motifs is 1. The van der Waals surface area contributed by atoms with Crippen LogP contribution in [-0.4, -0.2) is 17.9 Å². The zero-order valence-corrected chi connectivity index (χ0v) is 17.2. The van der Waals surface area contributed by atoms with Crippen molar-refractivity contribution in [3.05, 3.63) is 70.3 Å². The van der Waals surface area contributed by atoms with Crippen molar-refractivity contribution in [1.29, 1.82) is 0 Å². The van der Waals surface area contributed by atoms with Crippen LogP contribution < -0.4 is 10.6 Å². The zero-order valence-electron chi connectivity index (χ0n) is 17.2. The highest BCUT2D eigenvalue weighted by Crippen LogP contribution is 2.42. The van der Waals surface area contributed by atoms with Gasteiger partial charge in [-0.1, -0.05) is 31.0 Å². The molecular weight excluding hydrogens is 450 g/mol. The predicted octanol–water partition coefficient (Wildman–Crippen LogP) is 5.35. The third-order valence-corrected chi connectivity index (χ3v) is 6.11. The Bertz CT molecular complexity index is 1040. The molecule has 2 atom stereocenters. The van der Waals surface area contributed by atoms with Gasteiger partial charge in [0.1, 0.15) is 0 Å². The highest BCUT2D eigenvalue weighted by atomic mass is 19.4. The molecule has 176 valence electrons. The summed E-state index contributed by atoms with van der Waals surface area (Å²) in [5.41, 5.74) is -3.03. The first-order chi connectivity index (χ1) is 15.4. The summed E-state index contributed by atoms with van der Waals surface area (Å²) in [4.78, 5) is 25.9. The molecule has 1 aliphatic carbocycles. The maximum atomic E-state index is 13.4. The largest absolute Gasteiger partial charge is 0.416 e. The van der Waals surface area contributed by atoms with E-state index in [1.807, 2.05) is 0 Å². The van der Waals surface area contributed by atoms with Crippen molar-refractivity contribution < 1.29 is 35.9 Å². The maximum absolute atomic E-state index is 13.4. The Morgan fingerprint density at radius 1 is 0.909 bits per heavy atom. The van der Waals surface area contributed by atoms with Gasteiger partial charge >= 0.3 is 12.4 Å². The number of hydrogen-bond acceptors (Lipinski definition) is 2. The van der Waals surface area contributed by atoms with E-state index in [-0.39, 0.29) is 23.2 Å². The fourth-order valence-electron chi connectivity index (χ4n) is 4.54. The van der Waals surface area contributed by atoms with Crippen molar-refractivity contribution in [3.8, 4) is 0 Å². The fraction of sp³-hybridized carbons (Fsp3) is 0.391. The standard InChI is InChI=1S/C23H20F6N2O2/c24-22(25,26)13-9-12(10-14(11-13)23(27,28)29)19-18(21(33)30-15-5-1-2-6-15)16-7-3-4-8-17(16)20(32)31-19/h3-4,7-11,15,18-19H,1-2,5-6H2,(H,30,33)(H,31,32). The second kappa shape index (κ2) is 8.39. The van der Waals surface area contributed by atoms with Crippen molar-refractivity contribution in [2.75, 3.05) is 0 Å². The smallest absolute Gasteiger partial charge is 0.353 e. The summed E-state index contributed by atoms with van der Waals surface area (Å²) in [6, 6.07) is 5.70. The number of carbonyl (C=O) groups excluding carboxylic acids is 2. The molecule has 2 aromatic rings. The number of carbonyl (C=O) groups is 2. The van der Waals surface area contributed by atoms with Gasteiger partial charge in [-0.05, 0) is 48.2 Å². The second-order valence-electron chi connectivity index (χ2n) is 8.35. The number of halogens is 6. The fourth-order valence-corrected chi connectivity index (χ4v) is 4.54. The first kappa shape index (κ1) is 23.1. The Morgan fingerprint density at radius 2 is 1.48 bits per heavy atom. The van der Waals surface area contributed by atoms with E-state index in [0.717, 1.165) is 25.7 Å². The van der Waals surface area contributed by atoms with Crippen LogP contribution in [0.4, 0.5) is 26.3 Å². The molecule has 0 bridgehead atoms. The topological polar surface area (TPSA) is 58.2 Å². The minimum Gasteiger partial charge on any atom is -0.353 e. The molecule has 0 radical (unpaired) electrons. The number of rotatable bonds is 3. The van der Waals surface area contributed by atoms with Gasteiger partial charge in [-0.3, -0.25) is 9.59 Å². The molecule has 4 nitrogen and oxygen atoms in total. The van der Waals surface area contributed by atoms with Crippen LogP contribution in [0.25, 0.3) is 0 Å². The van der Waals surface area contributed by atoms with E-state index >= 15 is 0 Å². The summed E-state index contributed by atoms with van der Waals surface area (Å²) in [6.07, 6.45) is -6.80. The van der Waals surface area contributed by atoms with E-state index in [4.69, 9.17) is 0 Å². The SMILES string of the molecule is O=C1NC(c2cc(C(F)(F)F)cc(C(F)(F)F)c2)C(C(=O)NC2CCCC2)c2ccccc21. The van der Waals surface area contributed by atoms with Crippen molar-refractivity contribution in [1.82, 2.24) is 10.6 Å². The van der Waals surface area contributed by atoms with Crippen LogP contribution in [0.15, 0.2) is 42.5 Å². The van der Waals surface area contributed by atoms with Crippen molar-refractivity contribution in [2.24, 2.45) is 0 Å². The van der Waals surface area contributed by atoms with Gasteiger partial charge in [0.25, 0.3) is 5.91 Å². The van der Waals surface area contributed by atoms with Gasteiger partial charge < -0.3 is 10.6 Å². The van der Waals surface area contributed by atoms with Crippen LogP contribution >= 0.6 is 0 Å². The van der Waals surface area contributed by atoms with Crippen molar-refractivity contribution in [2.45, 2.75) is 56.0 Å². The van der Waals surface area contributed by atoms with Gasteiger partial charge in [0.2, 0.25) is 5.91 Å². The average Bonchev–Trinajstić information content (AvgIpc) is 3.25. The molecule has 4 rings (SSSR count). The average molecular weight is 470 g/mol. The molecule has 0 aromatic heterocycles.